The summed E-state index contributed by atoms with van der Waals surface area (Å²) < 4.78 is 10.5. The summed E-state index contributed by atoms with van der Waals surface area (Å²) in [6.45, 7) is 3.70. The molecule has 1 aliphatic rings. The highest BCUT2D eigenvalue weighted by atomic mass is 16.5. The van der Waals surface area contributed by atoms with E-state index >= 15 is 0 Å². The Kier molecular flexibility index (Phi) is 3.55. The fourth-order valence-electron chi connectivity index (χ4n) is 2.33. The quantitative estimate of drug-likeness (QED) is 0.881. The first-order valence-electron chi connectivity index (χ1n) is 7.04. The third-order valence-electron chi connectivity index (χ3n) is 3.64. The molecule has 0 spiro atoms. The molecule has 0 aliphatic heterocycles. The minimum atomic E-state index is -0.804. The maximum atomic E-state index is 12.0. The molecule has 21 heavy (non-hydrogen) atoms. The van der Waals surface area contributed by atoms with Crippen molar-refractivity contribution in [1.82, 2.24) is 10.5 Å². The van der Waals surface area contributed by atoms with Crippen LogP contribution in [-0.4, -0.2) is 22.7 Å². The number of aliphatic hydroxyl groups is 1. The van der Waals surface area contributed by atoms with Gasteiger partial charge in [-0.25, -0.2) is 0 Å². The number of carbonyl (C=O) groups is 1. The molecule has 1 fully saturated rings. The predicted molar refractivity (Wildman–Crippen MR) is 74.0 cm³/mol. The van der Waals surface area contributed by atoms with Gasteiger partial charge in [-0.2, -0.15) is 0 Å². The van der Waals surface area contributed by atoms with Crippen molar-refractivity contribution in [2.75, 3.05) is 6.54 Å². The summed E-state index contributed by atoms with van der Waals surface area (Å²) in [6, 6.07) is 3.44. The molecule has 2 N–H and O–H groups in total. The van der Waals surface area contributed by atoms with Crippen LogP contribution in [0.5, 0.6) is 0 Å². The van der Waals surface area contributed by atoms with Gasteiger partial charge in [-0.1, -0.05) is 5.16 Å². The summed E-state index contributed by atoms with van der Waals surface area (Å²) in [4.78, 5) is 12.0. The van der Waals surface area contributed by atoms with E-state index in [4.69, 9.17) is 8.94 Å². The molecule has 2 aromatic rings. The van der Waals surface area contributed by atoms with Gasteiger partial charge in [-0.05, 0) is 32.8 Å². The Hall–Kier alpha value is -2.08. The summed E-state index contributed by atoms with van der Waals surface area (Å²) in [6.07, 6.45) is 1.38. The van der Waals surface area contributed by atoms with Crippen molar-refractivity contribution < 1.29 is 18.8 Å². The molecule has 1 unspecified atom stereocenters. The number of furan rings is 1. The van der Waals surface area contributed by atoms with E-state index in [0.717, 1.165) is 24.4 Å². The third-order valence-corrected chi connectivity index (χ3v) is 3.64. The van der Waals surface area contributed by atoms with Crippen molar-refractivity contribution in [1.29, 1.82) is 0 Å². The molecule has 1 atom stereocenters. The van der Waals surface area contributed by atoms with E-state index in [1.807, 2.05) is 6.92 Å². The molecule has 1 amide bonds. The van der Waals surface area contributed by atoms with E-state index < -0.39 is 6.10 Å². The van der Waals surface area contributed by atoms with Crippen LogP contribution in [0.4, 0.5) is 0 Å². The van der Waals surface area contributed by atoms with Crippen LogP contribution in [-0.2, 0) is 0 Å². The van der Waals surface area contributed by atoms with Gasteiger partial charge < -0.3 is 19.4 Å². The summed E-state index contributed by atoms with van der Waals surface area (Å²) in [5, 5.41) is 16.5. The number of nitrogens with one attached hydrogen (secondary N) is 1. The summed E-state index contributed by atoms with van der Waals surface area (Å²) in [7, 11) is 0. The Morgan fingerprint density at radius 2 is 2.24 bits per heavy atom. The normalized spacial score (nSPS) is 16.0. The fraction of sp³-hybridized carbons (Fsp3) is 0.467. The molecule has 0 saturated heterocycles. The lowest BCUT2D eigenvalue weighted by Crippen LogP contribution is -2.28. The number of aryl methyl sites for hydroxylation is 2. The average Bonchev–Trinajstić information content (AvgIpc) is 3.08. The van der Waals surface area contributed by atoms with Gasteiger partial charge in [0.05, 0.1) is 6.10 Å². The van der Waals surface area contributed by atoms with Gasteiger partial charge >= 0.3 is 0 Å². The molecule has 0 aromatic carbocycles. The van der Waals surface area contributed by atoms with Crippen molar-refractivity contribution in [2.45, 2.75) is 38.7 Å². The maximum Gasteiger partial charge on any atom is 0.273 e. The molecule has 2 aromatic heterocycles. The van der Waals surface area contributed by atoms with Gasteiger partial charge in [0.2, 0.25) is 0 Å². The van der Waals surface area contributed by atoms with Crippen LogP contribution < -0.4 is 5.32 Å². The van der Waals surface area contributed by atoms with Crippen LogP contribution in [0.15, 0.2) is 21.1 Å². The van der Waals surface area contributed by atoms with Gasteiger partial charge in [0, 0.05) is 24.1 Å². The van der Waals surface area contributed by atoms with Crippen LogP contribution in [0.2, 0.25) is 0 Å². The number of carbonyl (C=O) groups excluding carboxylic acids is 1. The molecule has 0 bridgehead atoms. The zero-order chi connectivity index (χ0) is 15.0. The third kappa shape index (κ3) is 3.00. The Morgan fingerprint density at radius 1 is 1.48 bits per heavy atom. The van der Waals surface area contributed by atoms with Crippen molar-refractivity contribution in [3.63, 3.8) is 0 Å². The van der Waals surface area contributed by atoms with E-state index in [9.17, 15) is 9.90 Å². The number of nitrogens with zero attached hydrogens (tertiary/aromatic N) is 1. The van der Waals surface area contributed by atoms with Crippen molar-refractivity contribution >= 4 is 5.91 Å². The van der Waals surface area contributed by atoms with Crippen LogP contribution in [0.1, 0.15) is 58.2 Å². The molecule has 6 heteroatoms. The molecule has 112 valence electrons. The summed E-state index contributed by atoms with van der Waals surface area (Å²) >= 11 is 0. The number of amides is 1. The molecule has 1 saturated carbocycles. The van der Waals surface area contributed by atoms with Gasteiger partial charge in [0.15, 0.2) is 5.69 Å². The van der Waals surface area contributed by atoms with Crippen molar-refractivity contribution in [3.05, 3.63) is 40.7 Å². The minimum Gasteiger partial charge on any atom is -0.466 e. The zero-order valence-corrected chi connectivity index (χ0v) is 12.0. The van der Waals surface area contributed by atoms with Crippen LogP contribution in [0.25, 0.3) is 0 Å². The highest BCUT2D eigenvalue weighted by Gasteiger charge is 2.29. The Balaban J connectivity index is 1.58. The topological polar surface area (TPSA) is 88.5 Å². The fourth-order valence-corrected chi connectivity index (χ4v) is 2.33. The predicted octanol–water partition coefficient (Wildman–Crippen LogP) is 2.23. The highest BCUT2D eigenvalue weighted by Crippen LogP contribution is 2.40. The molecule has 6 nitrogen and oxygen atoms in total. The first-order valence-corrected chi connectivity index (χ1v) is 7.04. The van der Waals surface area contributed by atoms with E-state index in [0.29, 0.717) is 17.2 Å². The number of hydrogen-bond donors (Lipinski definition) is 2. The Labute approximate surface area is 122 Å². The monoisotopic (exact) mass is 290 g/mol. The number of aromatic nitrogens is 1. The van der Waals surface area contributed by atoms with E-state index in [1.54, 1.807) is 19.1 Å². The lowest BCUT2D eigenvalue weighted by Gasteiger charge is -2.10. The molecule has 0 radical (unpaired) electrons. The summed E-state index contributed by atoms with van der Waals surface area (Å²) in [5.41, 5.74) is 0.941. The van der Waals surface area contributed by atoms with Gasteiger partial charge in [-0.3, -0.25) is 4.79 Å². The molecular weight excluding hydrogens is 272 g/mol. The lowest BCUT2D eigenvalue weighted by atomic mass is 10.1. The van der Waals surface area contributed by atoms with Crippen molar-refractivity contribution in [3.8, 4) is 0 Å². The standard InChI is InChI=1S/C15H18N2O4/c1-8-5-11(9(2)20-8)13(18)7-16-15(19)12-6-14(21-17-12)10-3-4-10/h5-6,10,13,18H,3-4,7H2,1-2H3,(H,16,19). The second-order valence-electron chi connectivity index (χ2n) is 5.48. The van der Waals surface area contributed by atoms with Gasteiger partial charge in [-0.15, -0.1) is 0 Å². The Bertz CT molecular complexity index is 654. The Morgan fingerprint density at radius 3 is 2.86 bits per heavy atom. The van der Waals surface area contributed by atoms with Gasteiger partial charge in [0.25, 0.3) is 5.91 Å². The molecule has 2 heterocycles. The number of rotatable bonds is 5. The van der Waals surface area contributed by atoms with Crippen LogP contribution >= 0.6 is 0 Å². The number of hydrogen-bond acceptors (Lipinski definition) is 5. The van der Waals surface area contributed by atoms with Crippen LogP contribution in [0.3, 0.4) is 0 Å². The largest absolute Gasteiger partial charge is 0.466 e. The minimum absolute atomic E-state index is 0.101. The molecule has 3 rings (SSSR count). The second kappa shape index (κ2) is 5.37. The average molecular weight is 290 g/mol. The van der Waals surface area contributed by atoms with Crippen molar-refractivity contribution in [2.24, 2.45) is 0 Å². The SMILES string of the molecule is Cc1cc(C(O)CNC(=O)c2cc(C3CC3)on2)c(C)o1. The lowest BCUT2D eigenvalue weighted by molar-refractivity contribution is 0.0906. The van der Waals surface area contributed by atoms with E-state index in [-0.39, 0.29) is 18.1 Å². The van der Waals surface area contributed by atoms with E-state index in [2.05, 4.69) is 10.5 Å². The summed E-state index contributed by atoms with van der Waals surface area (Å²) in [5.74, 6) is 2.23. The van der Waals surface area contributed by atoms with Gasteiger partial charge in [0.1, 0.15) is 17.3 Å². The molecule has 1 aliphatic carbocycles. The maximum absolute atomic E-state index is 12.0. The number of aliphatic hydroxyl groups excluding tert-OH is 1. The first kappa shape index (κ1) is 13.9. The first-order chi connectivity index (χ1) is 10.0. The smallest absolute Gasteiger partial charge is 0.273 e. The molecular formula is C15H18N2O4. The zero-order valence-electron chi connectivity index (χ0n) is 12.0. The second-order valence-corrected chi connectivity index (χ2v) is 5.48. The van der Waals surface area contributed by atoms with Crippen LogP contribution in [0, 0.1) is 13.8 Å². The highest BCUT2D eigenvalue weighted by molar-refractivity contribution is 5.92. The van der Waals surface area contributed by atoms with E-state index in [1.165, 1.54) is 0 Å².